The van der Waals surface area contributed by atoms with Crippen LogP contribution in [0.5, 0.6) is 0 Å². The first-order chi connectivity index (χ1) is 17.3. The van der Waals surface area contributed by atoms with Crippen molar-refractivity contribution in [2.75, 3.05) is 17.2 Å². The van der Waals surface area contributed by atoms with Crippen molar-refractivity contribution in [2.24, 2.45) is 0 Å². The number of halogens is 4. The summed E-state index contributed by atoms with van der Waals surface area (Å²) in [6, 6.07) is 6.00. The minimum absolute atomic E-state index is 0.0680. The number of carbonyl (C=O) groups is 1. The summed E-state index contributed by atoms with van der Waals surface area (Å²) >= 11 is 0. The molecule has 0 fully saturated rings. The summed E-state index contributed by atoms with van der Waals surface area (Å²) in [5, 5.41) is 9.85. The number of hydrogen-bond acceptors (Lipinski definition) is 7. The van der Waals surface area contributed by atoms with Crippen molar-refractivity contribution in [3.8, 4) is 11.1 Å². The molecule has 1 atom stereocenters. The van der Waals surface area contributed by atoms with E-state index in [1.54, 1.807) is 16.9 Å². The van der Waals surface area contributed by atoms with Crippen molar-refractivity contribution < 1.29 is 22.4 Å². The van der Waals surface area contributed by atoms with Crippen LogP contribution in [0.4, 0.5) is 35.0 Å². The Morgan fingerprint density at radius 1 is 1.06 bits per heavy atom. The lowest BCUT2D eigenvalue weighted by atomic mass is 9.97. The summed E-state index contributed by atoms with van der Waals surface area (Å²) < 4.78 is 55.3. The summed E-state index contributed by atoms with van der Waals surface area (Å²) in [5.74, 6) is -1.30. The largest absolute Gasteiger partial charge is 0.416 e. The van der Waals surface area contributed by atoms with Crippen LogP contribution in [0.15, 0.2) is 61.3 Å². The number of anilines is 3. The third-order valence-electron chi connectivity index (χ3n) is 5.35. The van der Waals surface area contributed by atoms with Crippen molar-refractivity contribution >= 4 is 23.7 Å². The molecule has 0 bridgehead atoms. The Morgan fingerprint density at radius 2 is 1.83 bits per heavy atom. The second kappa shape index (κ2) is 10.5. The van der Waals surface area contributed by atoms with Gasteiger partial charge < -0.3 is 15.4 Å². The van der Waals surface area contributed by atoms with E-state index in [9.17, 15) is 22.4 Å². The zero-order chi connectivity index (χ0) is 25.7. The molecule has 0 radical (unpaired) electrons. The van der Waals surface area contributed by atoms with Crippen molar-refractivity contribution in [3.05, 3.63) is 78.3 Å². The van der Waals surface area contributed by atoms with Crippen LogP contribution in [-0.4, -0.2) is 37.6 Å². The van der Waals surface area contributed by atoms with E-state index in [1.807, 2.05) is 13.1 Å². The van der Waals surface area contributed by atoms with E-state index in [2.05, 4.69) is 30.7 Å². The van der Waals surface area contributed by atoms with Crippen molar-refractivity contribution in [3.63, 3.8) is 0 Å². The molecule has 0 aliphatic carbocycles. The second-order valence-corrected chi connectivity index (χ2v) is 7.79. The average Bonchev–Trinajstić information content (AvgIpc) is 3.33. The first-order valence-electron chi connectivity index (χ1n) is 10.9. The molecule has 3 heterocycles. The molecule has 0 saturated heterocycles. The van der Waals surface area contributed by atoms with E-state index >= 15 is 0 Å². The van der Waals surface area contributed by atoms with Gasteiger partial charge in [-0.05, 0) is 36.2 Å². The molecule has 3 aromatic heterocycles. The summed E-state index contributed by atoms with van der Waals surface area (Å²) in [6.07, 6.45) is 3.54. The maximum atomic E-state index is 14.9. The molecule has 2 N–H and O–H groups in total. The third-order valence-corrected chi connectivity index (χ3v) is 5.35. The lowest BCUT2D eigenvalue weighted by Gasteiger charge is -2.15. The Balaban J connectivity index is 1.44. The number of hydrogen-bond donors (Lipinski definition) is 2. The van der Waals surface area contributed by atoms with Crippen molar-refractivity contribution in [1.82, 2.24) is 24.7 Å². The number of carbonyl (C=O) groups excluding carboxylic acids is 1. The maximum absolute atomic E-state index is 14.9. The maximum Gasteiger partial charge on any atom is 0.416 e. The van der Waals surface area contributed by atoms with Gasteiger partial charge >= 0.3 is 6.18 Å². The molecule has 36 heavy (non-hydrogen) atoms. The van der Waals surface area contributed by atoms with Gasteiger partial charge in [0.05, 0.1) is 23.4 Å². The van der Waals surface area contributed by atoms with E-state index in [0.717, 1.165) is 30.6 Å². The quantitative estimate of drug-likeness (QED) is 0.246. The predicted molar refractivity (Wildman–Crippen MR) is 125 cm³/mol. The Hall–Kier alpha value is -4.35. The van der Waals surface area contributed by atoms with Gasteiger partial charge in [0, 0.05) is 43.4 Å². The van der Waals surface area contributed by atoms with Crippen LogP contribution in [0.3, 0.4) is 0 Å². The molecular formula is C24H21F4N7O. The fourth-order valence-corrected chi connectivity index (χ4v) is 3.43. The molecule has 0 spiro atoms. The molecule has 0 amide bonds. The molecule has 1 aromatic carbocycles. The van der Waals surface area contributed by atoms with Gasteiger partial charge in [0.15, 0.2) is 0 Å². The zero-order valence-electron chi connectivity index (χ0n) is 19.0. The fraction of sp³-hybridized carbons (Fsp3) is 0.208. The standard InChI is InChI=1S/C24H21F4N7O/c1-2-35-13-19(12-33-35)34-23-31-9-16(10-32-23)15-3-4-20(21(25)7-15)17(14-36)11-30-22-8-18(5-6-29-22)24(26,27)28/h3-10,12-14,17H,2,11H2,1H3,(H,29,30)(H,31,32,34). The topological polar surface area (TPSA) is 97.6 Å². The number of aldehydes is 1. The van der Waals surface area contributed by atoms with Crippen LogP contribution in [0.2, 0.25) is 0 Å². The highest BCUT2D eigenvalue weighted by Gasteiger charge is 2.30. The Kier molecular flexibility index (Phi) is 7.23. The Labute approximate surface area is 203 Å². The van der Waals surface area contributed by atoms with Gasteiger partial charge in [0.2, 0.25) is 5.95 Å². The smallest absolute Gasteiger partial charge is 0.369 e. The molecule has 4 rings (SSSR count). The number of aryl methyl sites for hydroxylation is 1. The Morgan fingerprint density at radius 3 is 2.47 bits per heavy atom. The third kappa shape index (κ3) is 5.82. The SMILES string of the molecule is CCn1cc(Nc2ncc(-c3ccc(C(C=O)CNc4cc(C(F)(F)F)ccn4)c(F)c3)cn2)cn1. The summed E-state index contributed by atoms with van der Waals surface area (Å²) in [7, 11) is 0. The number of benzene rings is 1. The van der Waals surface area contributed by atoms with Crippen molar-refractivity contribution in [1.29, 1.82) is 0 Å². The van der Waals surface area contributed by atoms with E-state index < -0.39 is 23.5 Å². The first kappa shape index (κ1) is 24.8. The van der Waals surface area contributed by atoms with E-state index in [4.69, 9.17) is 0 Å². The van der Waals surface area contributed by atoms with Crippen LogP contribution in [0, 0.1) is 5.82 Å². The van der Waals surface area contributed by atoms with Gasteiger partial charge in [0.1, 0.15) is 17.9 Å². The minimum atomic E-state index is -4.53. The molecule has 0 aliphatic rings. The molecule has 1 unspecified atom stereocenters. The lowest BCUT2D eigenvalue weighted by molar-refractivity contribution is -0.137. The highest BCUT2D eigenvalue weighted by Crippen LogP contribution is 2.30. The fourth-order valence-electron chi connectivity index (χ4n) is 3.43. The first-order valence-corrected chi connectivity index (χ1v) is 10.9. The summed E-state index contributed by atoms with van der Waals surface area (Å²) in [5.41, 5.74) is 1.01. The van der Waals surface area contributed by atoms with E-state index in [1.165, 1.54) is 24.5 Å². The van der Waals surface area contributed by atoms with Gasteiger partial charge in [0.25, 0.3) is 0 Å². The molecule has 4 aromatic rings. The number of nitrogens with one attached hydrogen (secondary N) is 2. The number of pyridine rings is 1. The number of aromatic nitrogens is 5. The zero-order valence-corrected chi connectivity index (χ0v) is 19.0. The lowest BCUT2D eigenvalue weighted by Crippen LogP contribution is -2.16. The molecule has 0 saturated carbocycles. The van der Waals surface area contributed by atoms with Crippen LogP contribution >= 0.6 is 0 Å². The predicted octanol–water partition coefficient (Wildman–Crippen LogP) is 5.05. The van der Waals surface area contributed by atoms with Gasteiger partial charge in [-0.3, -0.25) is 4.68 Å². The van der Waals surface area contributed by atoms with Crippen LogP contribution in [0.1, 0.15) is 24.0 Å². The van der Waals surface area contributed by atoms with E-state index in [-0.39, 0.29) is 17.9 Å². The summed E-state index contributed by atoms with van der Waals surface area (Å²) in [4.78, 5) is 23.9. The van der Waals surface area contributed by atoms with Crippen LogP contribution in [-0.2, 0) is 17.5 Å². The Bertz CT molecular complexity index is 1340. The van der Waals surface area contributed by atoms with Crippen molar-refractivity contribution in [2.45, 2.75) is 25.6 Å². The second-order valence-electron chi connectivity index (χ2n) is 7.79. The van der Waals surface area contributed by atoms with Crippen LogP contribution in [0.25, 0.3) is 11.1 Å². The van der Waals surface area contributed by atoms with E-state index in [0.29, 0.717) is 23.4 Å². The number of alkyl halides is 3. The minimum Gasteiger partial charge on any atom is -0.369 e. The van der Waals surface area contributed by atoms with Gasteiger partial charge in [-0.25, -0.2) is 19.3 Å². The molecule has 186 valence electrons. The highest BCUT2D eigenvalue weighted by molar-refractivity contribution is 5.67. The molecule has 8 nitrogen and oxygen atoms in total. The molecular weight excluding hydrogens is 478 g/mol. The molecule has 0 aliphatic heterocycles. The molecule has 12 heteroatoms. The monoisotopic (exact) mass is 499 g/mol. The number of rotatable bonds is 9. The average molecular weight is 499 g/mol. The van der Waals surface area contributed by atoms with Gasteiger partial charge in [-0.2, -0.15) is 18.3 Å². The van der Waals surface area contributed by atoms with Gasteiger partial charge in [-0.1, -0.05) is 12.1 Å². The van der Waals surface area contributed by atoms with Gasteiger partial charge in [-0.15, -0.1) is 0 Å². The highest BCUT2D eigenvalue weighted by atomic mass is 19.4. The van der Waals surface area contributed by atoms with Crippen LogP contribution < -0.4 is 10.6 Å². The number of nitrogens with zero attached hydrogens (tertiary/aromatic N) is 5. The summed E-state index contributed by atoms with van der Waals surface area (Å²) in [6.45, 7) is 2.56. The normalized spacial score (nSPS) is 12.2.